The number of rotatable bonds is 0. The summed E-state index contributed by atoms with van der Waals surface area (Å²) in [6.07, 6.45) is 0. The van der Waals surface area contributed by atoms with Crippen molar-refractivity contribution in [2.75, 3.05) is 56.4 Å². The summed E-state index contributed by atoms with van der Waals surface area (Å²) in [5.74, 6) is 0. The zero-order chi connectivity index (χ0) is 27.6. The summed E-state index contributed by atoms with van der Waals surface area (Å²) in [7, 11) is 14.6. The van der Waals surface area contributed by atoms with Gasteiger partial charge >= 0.3 is 39.0 Å². The van der Waals surface area contributed by atoms with Crippen molar-refractivity contribution in [3.8, 4) is 0 Å². The molecular weight excluding hydrogens is 750 g/mol. The number of aromatic nitrogens is 1. The minimum Gasteiger partial charge on any atom is -0.411 e. The maximum atomic E-state index is 4.56. The van der Waals surface area contributed by atoms with Crippen LogP contribution in [0.4, 0.5) is 0 Å². The molecule has 0 saturated carbocycles. The average molecular weight is 779 g/mol. The molecule has 1 aromatic carbocycles. The molecule has 0 radical (unpaired) electrons. The van der Waals surface area contributed by atoms with E-state index in [1.807, 2.05) is 80.6 Å². The van der Waals surface area contributed by atoms with Crippen LogP contribution in [0.15, 0.2) is 28.6 Å². The molecule has 0 aliphatic rings. The van der Waals surface area contributed by atoms with Crippen LogP contribution in [0.2, 0.25) is 0 Å². The average Bonchev–Trinajstić information content (AvgIpc) is 3.09. The number of thiazole rings is 1. The Balaban J connectivity index is -0.000000113. The minimum atomic E-state index is 0. The summed E-state index contributed by atoms with van der Waals surface area (Å²) in [6, 6.07) is 8.03. The minimum absolute atomic E-state index is 0. The van der Waals surface area contributed by atoms with Crippen LogP contribution in [-0.2, 0) is 89.5 Å². The molecule has 0 spiro atoms. The second kappa shape index (κ2) is 27.7. The van der Waals surface area contributed by atoms with Gasteiger partial charge in [-0.15, -0.1) is 24.0 Å². The summed E-state index contributed by atoms with van der Waals surface area (Å²) in [4.78, 5) is 11.0. The molecule has 0 saturated heterocycles. The molecule has 194 valence electrons. The smallest absolute Gasteiger partial charge is 0.411 e. The number of hydrogen-bond acceptors (Lipinski definition) is 11. The standard InChI is InChI=1S/C7H5NS2.4C3H7NS2.2Zn/c9-7-8-5-3-1-2-4-6(5)10-7;4*1-4(2)3(5)6;;/h1-4H,(H,8,9);4*1-2H3,(H,5,6);;/q;;;;;2*+2/p-4. The Labute approximate surface area is 295 Å². The Bertz CT molecular complexity index is 787. The van der Waals surface area contributed by atoms with Crippen molar-refractivity contribution >= 4 is 151 Å². The Morgan fingerprint density at radius 1 is 0.667 bits per heavy atom. The van der Waals surface area contributed by atoms with E-state index in [1.165, 1.54) is 4.70 Å². The molecular formula is C19H29N5S10Zn2. The van der Waals surface area contributed by atoms with Crippen molar-refractivity contribution < 1.29 is 39.0 Å². The van der Waals surface area contributed by atoms with E-state index in [0.29, 0.717) is 17.3 Å². The number of fused-ring (bicyclic) bond motifs is 1. The van der Waals surface area contributed by atoms with Gasteiger partial charge in [-0.05, 0) is 12.1 Å². The van der Waals surface area contributed by atoms with E-state index in [9.17, 15) is 0 Å². The normalized spacial score (nSPS) is 8.03. The van der Waals surface area contributed by atoms with Crippen LogP contribution in [0.5, 0.6) is 0 Å². The zero-order valence-corrected chi connectivity index (χ0v) is 35.8. The van der Waals surface area contributed by atoms with Crippen molar-refractivity contribution in [1.29, 1.82) is 0 Å². The number of thiocarbonyl (C=S) groups is 4. The SMILES string of the molecule is CN(C)C(=S)[S-].CN(C)C(=S)[S-].CN(C)C(=S)[S-].CN(C)C(=S)[S-].Sc1nc2ccccc2s1.[Zn+2].[Zn+2]. The monoisotopic (exact) mass is 775 g/mol. The first kappa shape index (κ1) is 47.0. The van der Waals surface area contributed by atoms with Crippen LogP contribution in [0.3, 0.4) is 0 Å². The maximum absolute atomic E-state index is 4.56. The molecule has 2 rings (SSSR count). The predicted octanol–water partition coefficient (Wildman–Crippen LogP) is 4.10. The maximum Gasteiger partial charge on any atom is 2.00 e. The Hall–Kier alpha value is 1.15. The number of thiol groups is 1. The second-order valence-electron chi connectivity index (χ2n) is 6.61. The van der Waals surface area contributed by atoms with E-state index in [1.54, 1.807) is 30.9 Å². The third-order valence-corrected chi connectivity index (χ3v) is 6.88. The summed E-state index contributed by atoms with van der Waals surface area (Å²) in [6.45, 7) is 0. The van der Waals surface area contributed by atoms with Gasteiger partial charge in [-0.1, -0.05) is 29.4 Å². The number of hydrogen-bond donors (Lipinski definition) is 1. The summed E-state index contributed by atoms with van der Waals surface area (Å²) >= 11 is 42.2. The van der Waals surface area contributed by atoms with E-state index < -0.39 is 0 Å². The first-order valence-electron chi connectivity index (χ1n) is 9.01. The fourth-order valence-electron chi connectivity index (χ4n) is 0.860. The van der Waals surface area contributed by atoms with E-state index >= 15 is 0 Å². The Morgan fingerprint density at radius 2 is 0.917 bits per heavy atom. The van der Waals surface area contributed by atoms with Crippen molar-refractivity contribution in [2.24, 2.45) is 0 Å². The molecule has 1 aromatic heterocycles. The van der Waals surface area contributed by atoms with Crippen LogP contribution < -0.4 is 0 Å². The number of nitrogens with zero attached hydrogens (tertiary/aromatic N) is 5. The van der Waals surface area contributed by atoms with E-state index in [4.69, 9.17) is 0 Å². The van der Waals surface area contributed by atoms with Crippen LogP contribution in [0.25, 0.3) is 10.2 Å². The van der Waals surface area contributed by atoms with Crippen LogP contribution in [0, 0.1) is 0 Å². The molecule has 0 bridgehead atoms. The first-order chi connectivity index (χ1) is 15.4. The molecule has 36 heavy (non-hydrogen) atoms. The fraction of sp³-hybridized carbons (Fsp3) is 0.421. The van der Waals surface area contributed by atoms with Gasteiger partial charge in [0, 0.05) is 56.4 Å². The third kappa shape index (κ3) is 31.4. The number of benzene rings is 1. The molecule has 0 atom stereocenters. The topological polar surface area (TPSA) is 25.9 Å². The molecule has 0 fully saturated rings. The molecule has 17 heteroatoms. The largest absolute Gasteiger partial charge is 2.00 e. The van der Waals surface area contributed by atoms with Crippen LogP contribution in [-0.4, -0.2) is 98.2 Å². The van der Waals surface area contributed by atoms with E-state index in [0.717, 1.165) is 9.86 Å². The summed E-state index contributed by atoms with van der Waals surface area (Å²) in [5.41, 5.74) is 1.04. The Kier molecular flexibility index (Phi) is 36.1. The van der Waals surface area contributed by atoms with Crippen molar-refractivity contribution in [1.82, 2.24) is 24.6 Å². The van der Waals surface area contributed by atoms with Crippen molar-refractivity contribution in [2.45, 2.75) is 4.34 Å². The molecule has 1 heterocycles. The second-order valence-corrected chi connectivity index (χ2v) is 12.5. The predicted molar refractivity (Wildman–Crippen MR) is 181 cm³/mol. The van der Waals surface area contributed by atoms with Gasteiger partial charge in [-0.25, -0.2) is 4.98 Å². The molecule has 0 amide bonds. The van der Waals surface area contributed by atoms with Gasteiger partial charge in [0.15, 0.2) is 0 Å². The molecule has 5 nitrogen and oxygen atoms in total. The van der Waals surface area contributed by atoms with Gasteiger partial charge in [0.05, 0.1) is 10.2 Å². The first-order valence-corrected chi connectivity index (χ1v) is 13.5. The van der Waals surface area contributed by atoms with Crippen LogP contribution in [0.1, 0.15) is 0 Å². The van der Waals surface area contributed by atoms with Gasteiger partial charge in [0.1, 0.15) is 4.34 Å². The van der Waals surface area contributed by atoms with Gasteiger partial charge in [0.25, 0.3) is 0 Å². The Morgan fingerprint density at radius 3 is 1.14 bits per heavy atom. The van der Waals surface area contributed by atoms with Crippen molar-refractivity contribution in [3.63, 3.8) is 0 Å². The van der Waals surface area contributed by atoms with E-state index in [2.05, 4.69) is 117 Å². The fourth-order valence-corrected chi connectivity index (χ4v) is 1.97. The van der Waals surface area contributed by atoms with Crippen molar-refractivity contribution in [3.05, 3.63) is 24.3 Å². The van der Waals surface area contributed by atoms with Gasteiger partial charge in [-0.3, -0.25) is 0 Å². The summed E-state index contributed by atoms with van der Waals surface area (Å²) < 4.78 is 4.07. The molecule has 0 aliphatic carbocycles. The van der Waals surface area contributed by atoms with Gasteiger partial charge in [0.2, 0.25) is 0 Å². The molecule has 0 unspecified atom stereocenters. The van der Waals surface area contributed by atoms with Gasteiger partial charge in [-0.2, -0.15) is 0 Å². The molecule has 0 aliphatic heterocycles. The zero-order valence-electron chi connectivity index (χ0n) is 21.6. The van der Waals surface area contributed by atoms with Gasteiger partial charge < -0.3 is 119 Å². The quantitative estimate of drug-likeness (QED) is 0.180. The van der Waals surface area contributed by atoms with E-state index in [-0.39, 0.29) is 39.0 Å². The molecule has 2 aromatic rings. The third-order valence-electron chi connectivity index (χ3n) is 2.74. The summed E-state index contributed by atoms with van der Waals surface area (Å²) in [5, 5.41) is 0. The van der Waals surface area contributed by atoms with Crippen LogP contribution >= 0.6 is 72.8 Å². The molecule has 0 N–H and O–H groups in total. The number of para-hydroxylation sites is 1.